The second-order valence-electron chi connectivity index (χ2n) is 5.00. The van der Waals surface area contributed by atoms with Crippen LogP contribution in [-0.2, 0) is 11.2 Å². The number of hydrogen-bond acceptors (Lipinski definition) is 4. The van der Waals surface area contributed by atoms with Crippen LogP contribution in [0, 0.1) is 5.41 Å². The Balaban J connectivity index is 1.96. The lowest BCUT2D eigenvalue weighted by atomic mass is 9.65. The molecule has 0 bridgehead atoms. The second kappa shape index (κ2) is 4.84. The smallest absolute Gasteiger partial charge is 0.138 e. The van der Waals surface area contributed by atoms with Gasteiger partial charge in [-0.15, -0.1) is 0 Å². The number of carbonyl (C=O) groups excluding carboxylic acids is 1. The number of anilines is 1. The Bertz CT molecular complexity index is 407. The zero-order chi connectivity index (χ0) is 12.3. The first-order valence-electron chi connectivity index (χ1n) is 6.06. The van der Waals surface area contributed by atoms with Gasteiger partial charge in [0, 0.05) is 24.6 Å². The van der Waals surface area contributed by atoms with Gasteiger partial charge in [0.05, 0.1) is 0 Å². The summed E-state index contributed by atoms with van der Waals surface area (Å²) in [5.41, 5.74) is 12.4. The molecule has 0 saturated heterocycles. The number of ketones is 1. The predicted molar refractivity (Wildman–Crippen MR) is 67.3 cm³/mol. The van der Waals surface area contributed by atoms with E-state index >= 15 is 0 Å². The molecule has 1 aromatic rings. The maximum atomic E-state index is 12.0. The minimum Gasteiger partial charge on any atom is -0.383 e. The molecule has 1 fully saturated rings. The molecule has 0 radical (unpaired) electrons. The van der Waals surface area contributed by atoms with Crippen LogP contribution in [0.2, 0.25) is 0 Å². The van der Waals surface area contributed by atoms with Crippen molar-refractivity contribution in [2.75, 3.05) is 12.3 Å². The molecule has 92 valence electrons. The molecular formula is C13H19N3O. The summed E-state index contributed by atoms with van der Waals surface area (Å²) in [6.07, 6.45) is 5.95. The molecule has 1 aliphatic rings. The molecule has 4 heteroatoms. The third kappa shape index (κ3) is 2.64. The Morgan fingerprint density at radius 3 is 2.76 bits per heavy atom. The molecule has 17 heavy (non-hydrogen) atoms. The van der Waals surface area contributed by atoms with Crippen LogP contribution < -0.4 is 11.5 Å². The van der Waals surface area contributed by atoms with Crippen LogP contribution >= 0.6 is 0 Å². The van der Waals surface area contributed by atoms with Crippen molar-refractivity contribution in [1.29, 1.82) is 0 Å². The standard InChI is InChI=1S/C13H19N3O/c14-9-13(4-2-5-13)8-11(17)7-10-3-1-6-16-12(10)15/h1,3,6H,2,4-5,7-9,14H2,(H2,15,16). The fourth-order valence-electron chi connectivity index (χ4n) is 2.42. The molecule has 4 nitrogen and oxygen atoms in total. The molecule has 4 N–H and O–H groups in total. The van der Waals surface area contributed by atoms with Crippen LogP contribution in [0.4, 0.5) is 5.82 Å². The van der Waals surface area contributed by atoms with Gasteiger partial charge in [-0.3, -0.25) is 4.79 Å². The highest BCUT2D eigenvalue weighted by Gasteiger charge is 2.37. The molecule has 0 amide bonds. The van der Waals surface area contributed by atoms with Crippen LogP contribution in [0.5, 0.6) is 0 Å². The molecule has 1 heterocycles. The third-order valence-corrected chi connectivity index (χ3v) is 3.73. The van der Waals surface area contributed by atoms with Crippen LogP contribution in [-0.4, -0.2) is 17.3 Å². The number of Topliss-reactive ketones (excluding diaryl/α,β-unsaturated/α-hetero) is 1. The van der Waals surface area contributed by atoms with Gasteiger partial charge < -0.3 is 11.5 Å². The van der Waals surface area contributed by atoms with E-state index in [1.165, 1.54) is 6.42 Å². The number of pyridine rings is 1. The number of carbonyl (C=O) groups is 1. The largest absolute Gasteiger partial charge is 0.383 e. The molecule has 2 rings (SSSR count). The summed E-state index contributed by atoms with van der Waals surface area (Å²) in [6, 6.07) is 3.66. The fourth-order valence-corrected chi connectivity index (χ4v) is 2.42. The summed E-state index contributed by atoms with van der Waals surface area (Å²) in [5.74, 6) is 0.672. The van der Waals surface area contributed by atoms with Crippen molar-refractivity contribution in [3.63, 3.8) is 0 Å². The summed E-state index contributed by atoms with van der Waals surface area (Å²) in [4.78, 5) is 16.0. The molecule has 0 atom stereocenters. The number of rotatable bonds is 5. The zero-order valence-corrected chi connectivity index (χ0v) is 9.98. The van der Waals surface area contributed by atoms with Crippen LogP contribution in [0.25, 0.3) is 0 Å². The van der Waals surface area contributed by atoms with Crippen molar-refractivity contribution in [1.82, 2.24) is 4.98 Å². The molecule has 0 aliphatic heterocycles. The van der Waals surface area contributed by atoms with E-state index in [-0.39, 0.29) is 11.2 Å². The molecule has 0 spiro atoms. The molecule has 0 unspecified atom stereocenters. The van der Waals surface area contributed by atoms with Gasteiger partial charge >= 0.3 is 0 Å². The average molecular weight is 233 g/mol. The van der Waals surface area contributed by atoms with Gasteiger partial charge in [0.2, 0.25) is 0 Å². The first-order valence-corrected chi connectivity index (χ1v) is 6.06. The van der Waals surface area contributed by atoms with Crippen LogP contribution in [0.3, 0.4) is 0 Å². The lowest BCUT2D eigenvalue weighted by Crippen LogP contribution is -2.39. The zero-order valence-electron chi connectivity index (χ0n) is 9.98. The summed E-state index contributed by atoms with van der Waals surface area (Å²) < 4.78 is 0. The number of nitrogens with two attached hydrogens (primary N) is 2. The first kappa shape index (κ1) is 12.0. The Morgan fingerprint density at radius 2 is 2.24 bits per heavy atom. The van der Waals surface area contributed by atoms with Gasteiger partial charge in [-0.1, -0.05) is 12.5 Å². The fraction of sp³-hybridized carbons (Fsp3) is 0.538. The molecule has 1 aromatic heterocycles. The Labute approximate surface area is 101 Å². The maximum Gasteiger partial charge on any atom is 0.138 e. The van der Waals surface area contributed by atoms with Gasteiger partial charge in [-0.05, 0) is 30.9 Å². The first-order chi connectivity index (χ1) is 8.15. The lowest BCUT2D eigenvalue weighted by molar-refractivity contribution is -0.122. The van der Waals surface area contributed by atoms with Gasteiger partial charge in [-0.25, -0.2) is 4.98 Å². The van der Waals surface area contributed by atoms with Gasteiger partial charge in [-0.2, -0.15) is 0 Å². The van der Waals surface area contributed by atoms with Crippen molar-refractivity contribution in [2.24, 2.45) is 11.1 Å². The van der Waals surface area contributed by atoms with Crippen molar-refractivity contribution < 1.29 is 4.79 Å². The summed E-state index contributed by atoms with van der Waals surface area (Å²) in [5, 5.41) is 0. The van der Waals surface area contributed by atoms with Gasteiger partial charge in [0.1, 0.15) is 11.6 Å². The second-order valence-corrected chi connectivity index (χ2v) is 5.00. The van der Waals surface area contributed by atoms with E-state index in [1.807, 2.05) is 6.07 Å². The van der Waals surface area contributed by atoms with E-state index in [2.05, 4.69) is 4.98 Å². The number of aromatic nitrogens is 1. The van der Waals surface area contributed by atoms with Crippen molar-refractivity contribution in [2.45, 2.75) is 32.1 Å². The topological polar surface area (TPSA) is 82.0 Å². The van der Waals surface area contributed by atoms with E-state index in [9.17, 15) is 4.79 Å². The van der Waals surface area contributed by atoms with E-state index in [0.29, 0.717) is 25.2 Å². The molecule has 1 aliphatic carbocycles. The minimum atomic E-state index is 0.0774. The lowest BCUT2D eigenvalue weighted by Gasteiger charge is -2.40. The molecule has 1 saturated carbocycles. The highest BCUT2D eigenvalue weighted by atomic mass is 16.1. The van der Waals surface area contributed by atoms with E-state index in [4.69, 9.17) is 11.5 Å². The number of nitrogens with zero attached hydrogens (tertiary/aromatic N) is 1. The van der Waals surface area contributed by atoms with Crippen LogP contribution in [0.1, 0.15) is 31.2 Å². The summed E-state index contributed by atoms with van der Waals surface area (Å²) in [7, 11) is 0. The van der Waals surface area contributed by atoms with Gasteiger partial charge in [0.25, 0.3) is 0 Å². The van der Waals surface area contributed by atoms with Crippen molar-refractivity contribution in [3.05, 3.63) is 23.9 Å². The normalized spacial score (nSPS) is 17.5. The number of hydrogen-bond donors (Lipinski definition) is 2. The Morgan fingerprint density at radius 1 is 1.47 bits per heavy atom. The number of nitrogen functional groups attached to an aromatic ring is 1. The summed E-state index contributed by atoms with van der Waals surface area (Å²) >= 11 is 0. The van der Waals surface area contributed by atoms with Crippen LogP contribution in [0.15, 0.2) is 18.3 Å². The van der Waals surface area contributed by atoms with Crippen molar-refractivity contribution >= 4 is 11.6 Å². The van der Waals surface area contributed by atoms with Gasteiger partial charge in [0.15, 0.2) is 0 Å². The Hall–Kier alpha value is -1.42. The maximum absolute atomic E-state index is 12.0. The highest BCUT2D eigenvalue weighted by Crippen LogP contribution is 2.43. The monoisotopic (exact) mass is 233 g/mol. The third-order valence-electron chi connectivity index (χ3n) is 3.73. The SMILES string of the molecule is NCC1(CC(=O)Cc2cccnc2N)CCC1. The quantitative estimate of drug-likeness (QED) is 0.803. The van der Waals surface area contributed by atoms with E-state index < -0.39 is 0 Å². The predicted octanol–water partition coefficient (Wildman–Crippen LogP) is 1.29. The summed E-state index contributed by atoms with van der Waals surface area (Å²) in [6.45, 7) is 0.612. The minimum absolute atomic E-state index is 0.0774. The Kier molecular flexibility index (Phi) is 3.43. The molecular weight excluding hydrogens is 214 g/mol. The average Bonchev–Trinajstić information content (AvgIpc) is 2.27. The van der Waals surface area contributed by atoms with E-state index in [1.54, 1.807) is 12.3 Å². The van der Waals surface area contributed by atoms with E-state index in [0.717, 1.165) is 18.4 Å². The molecule has 0 aromatic carbocycles. The highest BCUT2D eigenvalue weighted by molar-refractivity contribution is 5.82. The van der Waals surface area contributed by atoms with Crippen molar-refractivity contribution in [3.8, 4) is 0 Å².